The van der Waals surface area contributed by atoms with E-state index < -0.39 is 29.8 Å². The van der Waals surface area contributed by atoms with E-state index in [1.165, 1.54) is 0 Å². The second kappa shape index (κ2) is 10.1. The number of likely N-dealkylation sites (tertiary alicyclic amines) is 1. The van der Waals surface area contributed by atoms with Gasteiger partial charge in [-0.2, -0.15) is 0 Å². The van der Waals surface area contributed by atoms with Gasteiger partial charge in [-0.1, -0.05) is 51.5 Å². The molecule has 33 heavy (non-hydrogen) atoms. The van der Waals surface area contributed by atoms with Crippen LogP contribution in [0.1, 0.15) is 38.3 Å². The maximum absolute atomic E-state index is 13.8. The van der Waals surface area contributed by atoms with Crippen molar-refractivity contribution in [1.82, 2.24) is 10.2 Å². The van der Waals surface area contributed by atoms with E-state index in [0.29, 0.717) is 5.69 Å². The lowest BCUT2D eigenvalue weighted by Gasteiger charge is -2.36. The number of aryl methyl sites for hydroxylation is 2. The number of rotatable bonds is 7. The Bertz CT molecular complexity index is 943. The van der Waals surface area contributed by atoms with Gasteiger partial charge in [0, 0.05) is 18.7 Å². The number of hydrogen-bond donors (Lipinski definition) is 3. The van der Waals surface area contributed by atoms with E-state index in [2.05, 4.69) is 10.6 Å². The number of hydrogen-bond acceptors (Lipinski definition) is 4. The molecule has 2 aliphatic rings. The molecule has 0 bridgehead atoms. The molecule has 3 N–H and O–H groups in total. The van der Waals surface area contributed by atoms with Crippen LogP contribution in [0.3, 0.4) is 0 Å². The van der Waals surface area contributed by atoms with Crippen LogP contribution in [0, 0.1) is 43.4 Å². The third-order valence-electron chi connectivity index (χ3n) is 7.52. The van der Waals surface area contributed by atoms with Gasteiger partial charge in [-0.25, -0.2) is 0 Å². The minimum atomic E-state index is -0.801. The molecular weight excluding hydrogens is 418 g/mol. The van der Waals surface area contributed by atoms with Crippen LogP contribution in [0.5, 0.6) is 0 Å². The average Bonchev–Trinajstić information content (AvgIpc) is 3.08. The molecule has 1 aromatic rings. The largest absolute Gasteiger partial charge is 0.394 e. The van der Waals surface area contributed by atoms with Gasteiger partial charge in [-0.3, -0.25) is 14.4 Å². The fourth-order valence-electron chi connectivity index (χ4n) is 5.35. The van der Waals surface area contributed by atoms with Crippen LogP contribution >= 0.6 is 0 Å². The van der Waals surface area contributed by atoms with E-state index in [0.717, 1.165) is 17.5 Å². The van der Waals surface area contributed by atoms with Gasteiger partial charge in [0.1, 0.15) is 6.04 Å². The number of nitrogens with one attached hydrogen (secondary N) is 2. The molecule has 0 spiro atoms. The Kier molecular flexibility index (Phi) is 7.62. The first kappa shape index (κ1) is 25.0. The van der Waals surface area contributed by atoms with E-state index in [1.54, 1.807) is 11.9 Å². The molecule has 1 saturated heterocycles. The lowest BCUT2D eigenvalue weighted by Crippen LogP contribution is -2.52. The Morgan fingerprint density at radius 2 is 1.88 bits per heavy atom. The van der Waals surface area contributed by atoms with Gasteiger partial charge in [0.15, 0.2) is 0 Å². The summed E-state index contributed by atoms with van der Waals surface area (Å²) in [5, 5.41) is 16.0. The van der Waals surface area contributed by atoms with Gasteiger partial charge in [0.05, 0.1) is 24.5 Å². The predicted molar refractivity (Wildman–Crippen MR) is 128 cm³/mol. The Labute approximate surface area is 196 Å². The van der Waals surface area contributed by atoms with E-state index in [1.807, 2.05) is 65.0 Å². The maximum Gasteiger partial charge on any atom is 0.247 e. The Balaban J connectivity index is 2.07. The molecule has 0 radical (unpaired) electrons. The number of nitrogens with zero attached hydrogens (tertiary/aromatic N) is 1. The van der Waals surface area contributed by atoms with Crippen molar-refractivity contribution >= 4 is 23.4 Å². The number of fused-ring (bicyclic) bond motifs is 1. The zero-order chi connectivity index (χ0) is 24.4. The third-order valence-corrected chi connectivity index (χ3v) is 7.52. The molecule has 1 aliphatic heterocycles. The number of benzene rings is 1. The van der Waals surface area contributed by atoms with Crippen molar-refractivity contribution in [3.63, 3.8) is 0 Å². The molecule has 7 heteroatoms. The van der Waals surface area contributed by atoms with Crippen LogP contribution in [-0.2, 0) is 14.4 Å². The second-order valence-corrected chi connectivity index (χ2v) is 9.62. The number of carbonyl (C=O) groups is 3. The van der Waals surface area contributed by atoms with Crippen molar-refractivity contribution in [2.75, 3.05) is 19.0 Å². The van der Waals surface area contributed by atoms with Crippen LogP contribution < -0.4 is 10.6 Å². The highest BCUT2D eigenvalue weighted by Crippen LogP contribution is 2.45. The van der Waals surface area contributed by atoms with Crippen LogP contribution in [0.15, 0.2) is 30.4 Å². The van der Waals surface area contributed by atoms with Crippen molar-refractivity contribution in [1.29, 1.82) is 0 Å². The van der Waals surface area contributed by atoms with Crippen LogP contribution in [0.4, 0.5) is 5.69 Å². The number of anilines is 1. The van der Waals surface area contributed by atoms with Crippen LogP contribution in [-0.4, -0.2) is 53.5 Å². The van der Waals surface area contributed by atoms with Gasteiger partial charge in [-0.15, -0.1) is 0 Å². The zero-order valence-corrected chi connectivity index (χ0v) is 20.5. The van der Waals surface area contributed by atoms with Gasteiger partial charge in [-0.05, 0) is 42.9 Å². The first-order valence-corrected chi connectivity index (χ1v) is 11.9. The summed E-state index contributed by atoms with van der Waals surface area (Å²) < 4.78 is 0. The molecule has 3 rings (SSSR count). The van der Waals surface area contributed by atoms with Gasteiger partial charge >= 0.3 is 0 Å². The summed E-state index contributed by atoms with van der Waals surface area (Å²) in [5.74, 6) is -2.50. The number of amides is 3. The molecule has 1 aliphatic carbocycles. The topological polar surface area (TPSA) is 98.7 Å². The summed E-state index contributed by atoms with van der Waals surface area (Å²) >= 11 is 0. The first-order valence-electron chi connectivity index (χ1n) is 11.9. The Hall–Kier alpha value is -2.67. The minimum Gasteiger partial charge on any atom is -0.394 e. The molecule has 1 heterocycles. The molecule has 7 nitrogen and oxygen atoms in total. The van der Waals surface area contributed by atoms with Crippen LogP contribution in [0.2, 0.25) is 0 Å². The molecule has 0 aromatic heterocycles. The highest BCUT2D eigenvalue weighted by Gasteiger charge is 2.58. The summed E-state index contributed by atoms with van der Waals surface area (Å²) in [6, 6.07) is 4.54. The van der Waals surface area contributed by atoms with E-state index in [9.17, 15) is 19.5 Å². The molecule has 180 valence electrons. The lowest BCUT2D eigenvalue weighted by atomic mass is 9.70. The number of aliphatic hydroxyl groups is 1. The average molecular weight is 456 g/mol. The van der Waals surface area contributed by atoms with E-state index in [4.69, 9.17) is 0 Å². The predicted octanol–water partition coefficient (Wildman–Crippen LogP) is 2.66. The van der Waals surface area contributed by atoms with Crippen molar-refractivity contribution < 1.29 is 19.5 Å². The summed E-state index contributed by atoms with van der Waals surface area (Å²) in [5.41, 5.74) is 2.65. The molecular formula is C26H37N3O4. The number of aliphatic hydroxyl groups excluding tert-OH is 1. The second-order valence-electron chi connectivity index (χ2n) is 9.62. The molecule has 0 saturated carbocycles. The van der Waals surface area contributed by atoms with Crippen molar-refractivity contribution in [3.05, 3.63) is 41.5 Å². The normalized spacial score (nSPS) is 28.3. The van der Waals surface area contributed by atoms with Crippen LogP contribution in [0.25, 0.3) is 0 Å². The molecule has 1 fully saturated rings. The molecule has 1 aromatic carbocycles. The molecule has 0 unspecified atom stereocenters. The fourth-order valence-corrected chi connectivity index (χ4v) is 5.35. The van der Waals surface area contributed by atoms with E-state index in [-0.39, 0.29) is 36.2 Å². The number of carbonyl (C=O) groups excluding carboxylic acids is 3. The molecule has 7 atom stereocenters. The van der Waals surface area contributed by atoms with E-state index >= 15 is 0 Å². The monoisotopic (exact) mass is 455 g/mol. The zero-order valence-electron chi connectivity index (χ0n) is 20.5. The Morgan fingerprint density at radius 1 is 1.18 bits per heavy atom. The summed E-state index contributed by atoms with van der Waals surface area (Å²) in [7, 11) is 1.57. The van der Waals surface area contributed by atoms with Crippen molar-refractivity contribution in [2.24, 2.45) is 29.6 Å². The SMILES string of the molecule is CC[C@H](C)[C@H](CO)N1C(=O)[C@H]2[C@H](C=C[C@@H](C)[C@H]2C(=O)NC)[C@H]1C(=O)Nc1cc(C)ccc1C. The van der Waals surface area contributed by atoms with Crippen molar-refractivity contribution in [3.8, 4) is 0 Å². The van der Waals surface area contributed by atoms with Gasteiger partial charge < -0.3 is 20.6 Å². The summed E-state index contributed by atoms with van der Waals surface area (Å²) in [6.45, 7) is 9.55. The van der Waals surface area contributed by atoms with Crippen molar-refractivity contribution in [2.45, 2.75) is 53.1 Å². The van der Waals surface area contributed by atoms with Gasteiger partial charge in [0.2, 0.25) is 17.7 Å². The third kappa shape index (κ3) is 4.56. The highest BCUT2D eigenvalue weighted by atomic mass is 16.3. The number of allylic oxidation sites excluding steroid dienone is 1. The minimum absolute atomic E-state index is 0.00466. The standard InChI is InChI=1S/C26H37N3O4/c1-7-15(3)20(13-30)29-23(25(32)28-19-12-14(2)8-9-16(19)4)18-11-10-17(5)21(24(31)27-6)22(18)26(29)33/h8-12,15,17-18,20-23,30H,7,13H2,1-6H3,(H,27,31)(H,28,32)/t15-,17+,18-,20-,21+,22-,23-/m0/s1. The maximum atomic E-state index is 13.8. The summed E-state index contributed by atoms with van der Waals surface area (Å²) in [6.07, 6.45) is 4.61. The van der Waals surface area contributed by atoms with Gasteiger partial charge in [0.25, 0.3) is 0 Å². The quantitative estimate of drug-likeness (QED) is 0.551. The summed E-state index contributed by atoms with van der Waals surface area (Å²) in [4.78, 5) is 41.9. The Morgan fingerprint density at radius 3 is 2.48 bits per heavy atom. The lowest BCUT2D eigenvalue weighted by molar-refractivity contribution is -0.143. The fraction of sp³-hybridized carbons (Fsp3) is 0.577. The first-order chi connectivity index (χ1) is 15.7. The highest BCUT2D eigenvalue weighted by molar-refractivity contribution is 6.02. The molecule has 3 amide bonds. The smallest absolute Gasteiger partial charge is 0.247 e.